The molecule has 2 N–H and O–H groups in total. The number of rotatable bonds is 6. The van der Waals surface area contributed by atoms with Crippen molar-refractivity contribution in [3.8, 4) is 0 Å². The highest BCUT2D eigenvalue weighted by atomic mass is 19.1. The second-order valence-corrected chi connectivity index (χ2v) is 5.95. The Morgan fingerprint density at radius 3 is 2.59 bits per heavy atom. The molecule has 4 nitrogen and oxygen atoms in total. The highest BCUT2D eigenvalue weighted by molar-refractivity contribution is 5.76. The first-order chi connectivity index (χ1) is 10.6. The minimum absolute atomic E-state index is 0.0175. The van der Waals surface area contributed by atoms with Crippen molar-refractivity contribution >= 4 is 5.91 Å². The number of aliphatic hydroxyl groups is 1. The lowest BCUT2D eigenvalue weighted by Gasteiger charge is -2.30. The van der Waals surface area contributed by atoms with E-state index >= 15 is 0 Å². The molecule has 0 bridgehead atoms. The van der Waals surface area contributed by atoms with Crippen LogP contribution in [0, 0.1) is 11.7 Å². The van der Waals surface area contributed by atoms with Gasteiger partial charge in [0.05, 0.1) is 6.10 Å². The van der Waals surface area contributed by atoms with E-state index in [0.29, 0.717) is 17.9 Å². The molecule has 1 aliphatic rings. The molecular formula is C17H25FN2O2. The standard InChI is InChI=1S/C17H25FN2O2/c1-2-20-9-7-13(8-10-20)11-17(22)19-12-16(21)14-3-5-15(18)6-4-14/h3-6,13,16,21H,2,7-12H2,1H3,(H,19,22). The van der Waals surface area contributed by atoms with Crippen LogP contribution in [-0.2, 0) is 4.79 Å². The van der Waals surface area contributed by atoms with Gasteiger partial charge in [-0.3, -0.25) is 4.79 Å². The molecule has 5 heteroatoms. The van der Waals surface area contributed by atoms with Gasteiger partial charge in [0.1, 0.15) is 5.82 Å². The van der Waals surface area contributed by atoms with Crippen LogP contribution in [0.5, 0.6) is 0 Å². The number of hydrogen-bond donors (Lipinski definition) is 2. The molecule has 0 saturated carbocycles. The maximum Gasteiger partial charge on any atom is 0.220 e. The van der Waals surface area contributed by atoms with Crippen molar-refractivity contribution in [3.05, 3.63) is 35.6 Å². The van der Waals surface area contributed by atoms with Gasteiger partial charge in [-0.2, -0.15) is 0 Å². The number of piperidine rings is 1. The van der Waals surface area contributed by atoms with Gasteiger partial charge in [0.25, 0.3) is 0 Å². The van der Waals surface area contributed by atoms with Gasteiger partial charge in [-0.1, -0.05) is 19.1 Å². The first-order valence-electron chi connectivity index (χ1n) is 8.01. The molecule has 0 aromatic heterocycles. The molecule has 1 aromatic carbocycles. The Kier molecular flexibility index (Phi) is 6.34. The lowest BCUT2D eigenvalue weighted by molar-refractivity contribution is -0.122. The Bertz CT molecular complexity index is 470. The van der Waals surface area contributed by atoms with Gasteiger partial charge < -0.3 is 15.3 Å². The number of carbonyl (C=O) groups is 1. The van der Waals surface area contributed by atoms with Gasteiger partial charge >= 0.3 is 0 Å². The number of likely N-dealkylation sites (tertiary alicyclic amines) is 1. The van der Waals surface area contributed by atoms with Crippen LogP contribution < -0.4 is 5.32 Å². The number of nitrogens with one attached hydrogen (secondary N) is 1. The monoisotopic (exact) mass is 308 g/mol. The summed E-state index contributed by atoms with van der Waals surface area (Å²) in [7, 11) is 0. The Balaban J connectivity index is 1.70. The largest absolute Gasteiger partial charge is 0.387 e. The van der Waals surface area contributed by atoms with E-state index in [1.807, 2.05) is 0 Å². The van der Waals surface area contributed by atoms with Crippen LogP contribution in [-0.4, -0.2) is 42.1 Å². The number of aliphatic hydroxyl groups excluding tert-OH is 1. The molecule has 0 radical (unpaired) electrons. The van der Waals surface area contributed by atoms with Crippen LogP contribution in [0.1, 0.15) is 37.9 Å². The van der Waals surface area contributed by atoms with Crippen LogP contribution in [0.15, 0.2) is 24.3 Å². The average Bonchev–Trinajstić information content (AvgIpc) is 2.54. The summed E-state index contributed by atoms with van der Waals surface area (Å²) in [5.74, 6) is 0.0836. The summed E-state index contributed by atoms with van der Waals surface area (Å²) in [6.45, 7) is 5.52. The Labute approximate surface area is 131 Å². The molecule has 1 amide bonds. The highest BCUT2D eigenvalue weighted by Crippen LogP contribution is 2.20. The van der Waals surface area contributed by atoms with E-state index in [2.05, 4.69) is 17.1 Å². The van der Waals surface area contributed by atoms with Crippen LogP contribution >= 0.6 is 0 Å². The molecule has 122 valence electrons. The molecule has 1 heterocycles. The minimum atomic E-state index is -0.800. The third kappa shape index (κ3) is 5.07. The smallest absolute Gasteiger partial charge is 0.220 e. The van der Waals surface area contributed by atoms with E-state index in [1.165, 1.54) is 24.3 Å². The van der Waals surface area contributed by atoms with Crippen molar-refractivity contribution in [1.29, 1.82) is 0 Å². The van der Waals surface area contributed by atoms with E-state index < -0.39 is 6.10 Å². The van der Waals surface area contributed by atoms with E-state index in [4.69, 9.17) is 0 Å². The normalized spacial score (nSPS) is 18.1. The maximum atomic E-state index is 12.8. The number of benzene rings is 1. The minimum Gasteiger partial charge on any atom is -0.387 e. The molecule has 1 saturated heterocycles. The molecule has 2 rings (SSSR count). The SMILES string of the molecule is CCN1CCC(CC(=O)NCC(O)c2ccc(F)cc2)CC1. The summed E-state index contributed by atoms with van der Waals surface area (Å²) in [6.07, 6.45) is 1.84. The van der Waals surface area contributed by atoms with E-state index in [-0.39, 0.29) is 18.3 Å². The zero-order valence-corrected chi connectivity index (χ0v) is 13.1. The predicted molar refractivity (Wildman–Crippen MR) is 83.8 cm³/mol. The van der Waals surface area contributed by atoms with E-state index in [0.717, 1.165) is 32.5 Å². The van der Waals surface area contributed by atoms with Crippen molar-refractivity contribution < 1.29 is 14.3 Å². The molecule has 1 unspecified atom stereocenters. The van der Waals surface area contributed by atoms with Crippen molar-refractivity contribution in [2.45, 2.75) is 32.3 Å². The zero-order valence-electron chi connectivity index (χ0n) is 13.1. The van der Waals surface area contributed by atoms with E-state index in [1.54, 1.807) is 0 Å². The lowest BCUT2D eigenvalue weighted by Crippen LogP contribution is -2.36. The summed E-state index contributed by atoms with van der Waals surface area (Å²) in [6, 6.07) is 5.68. The third-order valence-corrected chi connectivity index (χ3v) is 4.38. The van der Waals surface area contributed by atoms with E-state index in [9.17, 15) is 14.3 Å². The number of hydrogen-bond acceptors (Lipinski definition) is 3. The van der Waals surface area contributed by atoms with Crippen molar-refractivity contribution in [1.82, 2.24) is 10.2 Å². The fourth-order valence-corrected chi connectivity index (χ4v) is 2.85. The van der Waals surface area contributed by atoms with Crippen LogP contribution in [0.2, 0.25) is 0 Å². The van der Waals surface area contributed by atoms with Crippen LogP contribution in [0.25, 0.3) is 0 Å². The lowest BCUT2D eigenvalue weighted by atomic mass is 9.93. The maximum absolute atomic E-state index is 12.8. The molecule has 22 heavy (non-hydrogen) atoms. The fraction of sp³-hybridized carbons (Fsp3) is 0.588. The number of carbonyl (C=O) groups excluding carboxylic acids is 1. The molecule has 0 aliphatic carbocycles. The van der Waals surface area contributed by atoms with Crippen molar-refractivity contribution in [3.63, 3.8) is 0 Å². The van der Waals surface area contributed by atoms with Gasteiger partial charge in [-0.05, 0) is 56.1 Å². The summed E-state index contributed by atoms with van der Waals surface area (Å²) < 4.78 is 12.8. The quantitative estimate of drug-likeness (QED) is 0.846. The molecular weight excluding hydrogens is 283 g/mol. The van der Waals surface area contributed by atoms with Gasteiger partial charge in [-0.25, -0.2) is 4.39 Å². The molecule has 1 aromatic rings. The Morgan fingerprint density at radius 2 is 2.00 bits per heavy atom. The zero-order chi connectivity index (χ0) is 15.9. The van der Waals surface area contributed by atoms with Gasteiger partial charge in [0, 0.05) is 13.0 Å². The highest BCUT2D eigenvalue weighted by Gasteiger charge is 2.20. The summed E-state index contributed by atoms with van der Waals surface area (Å²) >= 11 is 0. The first kappa shape index (κ1) is 16.9. The second-order valence-electron chi connectivity index (χ2n) is 5.95. The molecule has 1 atom stereocenters. The molecule has 0 spiro atoms. The first-order valence-corrected chi connectivity index (χ1v) is 8.01. The third-order valence-electron chi connectivity index (χ3n) is 4.38. The molecule has 1 fully saturated rings. The van der Waals surface area contributed by atoms with Crippen molar-refractivity contribution in [2.24, 2.45) is 5.92 Å². The number of amides is 1. The number of nitrogens with zero attached hydrogens (tertiary/aromatic N) is 1. The predicted octanol–water partition coefficient (Wildman–Crippen LogP) is 2.10. The van der Waals surface area contributed by atoms with Gasteiger partial charge in [-0.15, -0.1) is 0 Å². The topological polar surface area (TPSA) is 52.6 Å². The average molecular weight is 308 g/mol. The summed E-state index contributed by atoms with van der Waals surface area (Å²) in [4.78, 5) is 14.4. The van der Waals surface area contributed by atoms with Gasteiger partial charge in [0.2, 0.25) is 5.91 Å². The van der Waals surface area contributed by atoms with Gasteiger partial charge in [0.15, 0.2) is 0 Å². The van der Waals surface area contributed by atoms with Crippen LogP contribution in [0.4, 0.5) is 4.39 Å². The second kappa shape index (κ2) is 8.25. The summed E-state index contributed by atoms with van der Waals surface area (Å²) in [5.41, 5.74) is 0.609. The molecule has 1 aliphatic heterocycles. The van der Waals surface area contributed by atoms with Crippen LogP contribution in [0.3, 0.4) is 0 Å². The summed E-state index contributed by atoms with van der Waals surface area (Å²) in [5, 5.41) is 12.8. The Morgan fingerprint density at radius 1 is 1.36 bits per heavy atom. The number of halogens is 1. The van der Waals surface area contributed by atoms with Crippen molar-refractivity contribution in [2.75, 3.05) is 26.2 Å². The fourth-order valence-electron chi connectivity index (χ4n) is 2.85. The Hall–Kier alpha value is -1.46.